The summed E-state index contributed by atoms with van der Waals surface area (Å²) in [4.78, 5) is 15.5. The third kappa shape index (κ3) is 4.13. The van der Waals surface area contributed by atoms with Gasteiger partial charge in [-0.1, -0.05) is 6.07 Å². The molecule has 0 aliphatic heterocycles. The molecule has 2 N–H and O–H groups in total. The maximum absolute atomic E-state index is 11.2. The Morgan fingerprint density at radius 1 is 1.59 bits per heavy atom. The number of aromatic nitrogens is 1. The van der Waals surface area contributed by atoms with Crippen LogP contribution in [-0.4, -0.2) is 35.3 Å². The van der Waals surface area contributed by atoms with Crippen LogP contribution in [0.25, 0.3) is 0 Å². The van der Waals surface area contributed by atoms with Crippen LogP contribution in [0.4, 0.5) is 0 Å². The number of nitrogens with one attached hydrogen (secondary N) is 1. The maximum Gasteiger partial charge on any atom is 0.338 e. The standard InChI is InChI=1S/C12H18N2O3/c1-9-5-4-6-10(14-9)7-13-8-12(2,16)11(15)17-3/h4-6,13,16H,7-8H2,1-3H3. The van der Waals surface area contributed by atoms with Crippen molar-refractivity contribution in [1.29, 1.82) is 0 Å². The zero-order chi connectivity index (χ0) is 12.9. The number of carbonyl (C=O) groups excluding carboxylic acids is 1. The summed E-state index contributed by atoms with van der Waals surface area (Å²) >= 11 is 0. The van der Waals surface area contributed by atoms with Crippen molar-refractivity contribution in [3.05, 3.63) is 29.6 Å². The number of ether oxygens (including phenoxy) is 1. The van der Waals surface area contributed by atoms with Gasteiger partial charge in [-0.2, -0.15) is 0 Å². The smallest absolute Gasteiger partial charge is 0.338 e. The van der Waals surface area contributed by atoms with Crippen LogP contribution in [0.2, 0.25) is 0 Å². The second-order valence-electron chi connectivity index (χ2n) is 4.14. The fourth-order valence-electron chi connectivity index (χ4n) is 1.42. The molecular weight excluding hydrogens is 220 g/mol. The Labute approximate surface area is 101 Å². The summed E-state index contributed by atoms with van der Waals surface area (Å²) in [5.41, 5.74) is 0.285. The number of rotatable bonds is 5. The van der Waals surface area contributed by atoms with Crippen molar-refractivity contribution >= 4 is 5.97 Å². The minimum absolute atomic E-state index is 0.120. The highest BCUT2D eigenvalue weighted by atomic mass is 16.5. The Bertz CT molecular complexity index is 391. The van der Waals surface area contributed by atoms with Gasteiger partial charge in [-0.3, -0.25) is 4.98 Å². The van der Waals surface area contributed by atoms with E-state index in [2.05, 4.69) is 15.0 Å². The van der Waals surface area contributed by atoms with Crippen LogP contribution in [-0.2, 0) is 16.1 Å². The summed E-state index contributed by atoms with van der Waals surface area (Å²) < 4.78 is 4.49. The Morgan fingerprint density at radius 3 is 2.88 bits per heavy atom. The monoisotopic (exact) mass is 238 g/mol. The Balaban J connectivity index is 2.45. The van der Waals surface area contributed by atoms with Crippen molar-refractivity contribution in [3.63, 3.8) is 0 Å². The SMILES string of the molecule is COC(=O)C(C)(O)CNCc1cccc(C)n1. The second kappa shape index (κ2) is 5.75. The fraction of sp³-hybridized carbons (Fsp3) is 0.500. The molecule has 17 heavy (non-hydrogen) atoms. The van der Waals surface area contributed by atoms with E-state index in [0.717, 1.165) is 11.4 Å². The van der Waals surface area contributed by atoms with Gasteiger partial charge in [-0.05, 0) is 26.0 Å². The molecule has 0 spiro atoms. The molecule has 0 saturated heterocycles. The van der Waals surface area contributed by atoms with E-state index in [9.17, 15) is 9.90 Å². The molecule has 0 amide bonds. The molecule has 0 aliphatic rings. The molecule has 0 aromatic carbocycles. The number of carbonyl (C=O) groups is 1. The summed E-state index contributed by atoms with van der Waals surface area (Å²) in [7, 11) is 1.25. The number of methoxy groups -OCH3 is 1. The van der Waals surface area contributed by atoms with Crippen molar-refractivity contribution in [1.82, 2.24) is 10.3 Å². The van der Waals surface area contributed by atoms with Gasteiger partial charge in [-0.25, -0.2) is 4.79 Å². The van der Waals surface area contributed by atoms with Gasteiger partial charge in [0.05, 0.1) is 12.8 Å². The number of pyridine rings is 1. The van der Waals surface area contributed by atoms with E-state index in [1.807, 2.05) is 25.1 Å². The van der Waals surface area contributed by atoms with Gasteiger partial charge < -0.3 is 15.2 Å². The molecule has 5 nitrogen and oxygen atoms in total. The van der Waals surface area contributed by atoms with Crippen molar-refractivity contribution in [2.45, 2.75) is 26.0 Å². The highest BCUT2D eigenvalue weighted by Crippen LogP contribution is 2.04. The van der Waals surface area contributed by atoms with E-state index in [1.165, 1.54) is 14.0 Å². The van der Waals surface area contributed by atoms with E-state index in [0.29, 0.717) is 6.54 Å². The molecule has 1 atom stereocenters. The summed E-state index contributed by atoms with van der Waals surface area (Å²) in [5.74, 6) is -0.651. The summed E-state index contributed by atoms with van der Waals surface area (Å²) in [6.45, 7) is 3.94. The molecule has 1 aromatic rings. The van der Waals surface area contributed by atoms with Crippen LogP contribution in [0.3, 0.4) is 0 Å². The molecule has 1 heterocycles. The van der Waals surface area contributed by atoms with Crippen LogP contribution < -0.4 is 5.32 Å². The third-order valence-electron chi connectivity index (χ3n) is 2.35. The van der Waals surface area contributed by atoms with Crippen LogP contribution in [0.15, 0.2) is 18.2 Å². The minimum Gasteiger partial charge on any atom is -0.467 e. The maximum atomic E-state index is 11.2. The van der Waals surface area contributed by atoms with Crippen LogP contribution in [0.5, 0.6) is 0 Å². The molecule has 94 valence electrons. The highest BCUT2D eigenvalue weighted by Gasteiger charge is 2.30. The zero-order valence-electron chi connectivity index (χ0n) is 10.4. The Hall–Kier alpha value is -1.46. The number of nitrogens with zero attached hydrogens (tertiary/aromatic N) is 1. The number of aryl methyl sites for hydroxylation is 1. The molecule has 5 heteroatoms. The lowest BCUT2D eigenvalue weighted by Gasteiger charge is -2.20. The number of hydrogen-bond donors (Lipinski definition) is 2. The molecule has 0 bridgehead atoms. The van der Waals surface area contributed by atoms with Crippen LogP contribution in [0.1, 0.15) is 18.3 Å². The zero-order valence-corrected chi connectivity index (χ0v) is 10.4. The first-order valence-electron chi connectivity index (χ1n) is 5.40. The number of aliphatic hydroxyl groups is 1. The van der Waals surface area contributed by atoms with Crippen molar-refractivity contribution < 1.29 is 14.6 Å². The first-order valence-corrected chi connectivity index (χ1v) is 5.40. The quantitative estimate of drug-likeness (QED) is 0.727. The van der Waals surface area contributed by atoms with Gasteiger partial charge in [-0.15, -0.1) is 0 Å². The predicted octanol–water partition coefficient (Wildman–Crippen LogP) is 0.404. The summed E-state index contributed by atoms with van der Waals surface area (Å²) in [5, 5.41) is 12.7. The fourth-order valence-corrected chi connectivity index (χ4v) is 1.42. The average Bonchev–Trinajstić information content (AvgIpc) is 2.27. The molecule has 1 aromatic heterocycles. The van der Waals surface area contributed by atoms with E-state index in [-0.39, 0.29) is 6.54 Å². The van der Waals surface area contributed by atoms with E-state index in [4.69, 9.17) is 0 Å². The molecular formula is C12H18N2O3. The number of esters is 1. The molecule has 0 fully saturated rings. The average molecular weight is 238 g/mol. The lowest BCUT2D eigenvalue weighted by Crippen LogP contribution is -2.45. The van der Waals surface area contributed by atoms with Gasteiger partial charge in [0.15, 0.2) is 5.60 Å². The van der Waals surface area contributed by atoms with Gasteiger partial charge in [0.1, 0.15) is 0 Å². The molecule has 0 saturated carbocycles. The topological polar surface area (TPSA) is 71.5 Å². The van der Waals surface area contributed by atoms with Gasteiger partial charge in [0, 0.05) is 18.8 Å². The Morgan fingerprint density at radius 2 is 2.29 bits per heavy atom. The largest absolute Gasteiger partial charge is 0.467 e. The van der Waals surface area contributed by atoms with E-state index < -0.39 is 11.6 Å². The molecule has 0 aliphatic carbocycles. The lowest BCUT2D eigenvalue weighted by atomic mass is 10.1. The van der Waals surface area contributed by atoms with Gasteiger partial charge in [0.25, 0.3) is 0 Å². The number of hydrogen-bond acceptors (Lipinski definition) is 5. The molecule has 0 radical (unpaired) electrons. The van der Waals surface area contributed by atoms with Crippen LogP contribution in [0, 0.1) is 6.92 Å². The van der Waals surface area contributed by atoms with Crippen LogP contribution >= 0.6 is 0 Å². The summed E-state index contributed by atoms with van der Waals surface area (Å²) in [6, 6.07) is 5.71. The van der Waals surface area contributed by atoms with Crippen molar-refractivity contribution in [2.75, 3.05) is 13.7 Å². The summed E-state index contributed by atoms with van der Waals surface area (Å²) in [6.07, 6.45) is 0. The normalized spacial score (nSPS) is 14.1. The van der Waals surface area contributed by atoms with E-state index in [1.54, 1.807) is 0 Å². The van der Waals surface area contributed by atoms with Crippen molar-refractivity contribution in [2.24, 2.45) is 0 Å². The molecule has 1 rings (SSSR count). The first-order chi connectivity index (χ1) is 7.95. The second-order valence-corrected chi connectivity index (χ2v) is 4.14. The van der Waals surface area contributed by atoms with Gasteiger partial charge >= 0.3 is 5.97 Å². The first kappa shape index (κ1) is 13.6. The van der Waals surface area contributed by atoms with E-state index >= 15 is 0 Å². The Kier molecular flexibility index (Phi) is 4.60. The van der Waals surface area contributed by atoms with Crippen molar-refractivity contribution in [3.8, 4) is 0 Å². The minimum atomic E-state index is -1.52. The van der Waals surface area contributed by atoms with Gasteiger partial charge in [0.2, 0.25) is 0 Å². The lowest BCUT2D eigenvalue weighted by molar-refractivity contribution is -0.159. The predicted molar refractivity (Wildman–Crippen MR) is 63.3 cm³/mol. The highest BCUT2D eigenvalue weighted by molar-refractivity contribution is 5.78. The molecule has 1 unspecified atom stereocenters. The third-order valence-corrected chi connectivity index (χ3v) is 2.35.